The summed E-state index contributed by atoms with van der Waals surface area (Å²) in [5.74, 6) is 0.839. The van der Waals surface area contributed by atoms with Gasteiger partial charge >= 0.3 is 0 Å². The van der Waals surface area contributed by atoms with Crippen LogP contribution in [0.3, 0.4) is 0 Å². The molecule has 0 bridgehead atoms. The molecule has 3 aromatic carbocycles. The lowest BCUT2D eigenvalue weighted by atomic mass is 10.2. The van der Waals surface area contributed by atoms with Crippen LogP contribution in [0.4, 0.5) is 10.1 Å². The lowest BCUT2D eigenvalue weighted by Crippen LogP contribution is -2.24. The molecular weight excluding hydrogens is 389 g/mol. The molecular formula is C22H20FN3O2S. The highest BCUT2D eigenvalue weighted by atomic mass is 32.1. The van der Waals surface area contributed by atoms with E-state index in [4.69, 9.17) is 21.7 Å². The number of ether oxygens (including phenoxy) is 2. The van der Waals surface area contributed by atoms with Gasteiger partial charge in [-0.25, -0.2) is 4.39 Å². The van der Waals surface area contributed by atoms with Gasteiger partial charge in [0.25, 0.3) is 0 Å². The number of nitrogens with one attached hydrogen (secondary N) is 2. The molecule has 0 aliphatic carbocycles. The molecule has 0 unspecified atom stereocenters. The van der Waals surface area contributed by atoms with E-state index < -0.39 is 5.82 Å². The summed E-state index contributed by atoms with van der Waals surface area (Å²) in [6.07, 6.45) is 1.58. The molecule has 5 nitrogen and oxygen atoms in total. The maximum absolute atomic E-state index is 13.6. The molecule has 0 amide bonds. The summed E-state index contributed by atoms with van der Waals surface area (Å²) in [6, 6.07) is 21.6. The van der Waals surface area contributed by atoms with E-state index in [2.05, 4.69) is 15.8 Å². The second kappa shape index (κ2) is 10.2. The first-order chi connectivity index (χ1) is 14.2. The smallest absolute Gasteiger partial charge is 0.191 e. The van der Waals surface area contributed by atoms with E-state index >= 15 is 0 Å². The minimum absolute atomic E-state index is 0.182. The van der Waals surface area contributed by atoms with Crippen LogP contribution in [0.25, 0.3) is 0 Å². The van der Waals surface area contributed by atoms with Crippen molar-refractivity contribution in [3.8, 4) is 11.5 Å². The molecule has 0 saturated carbocycles. The molecule has 0 aliphatic rings. The zero-order valence-electron chi connectivity index (χ0n) is 15.8. The van der Waals surface area contributed by atoms with E-state index in [1.54, 1.807) is 37.6 Å². The number of nitrogens with zero attached hydrogens (tertiary/aromatic N) is 1. The Balaban J connectivity index is 1.57. The molecule has 0 radical (unpaired) electrons. The Hall–Kier alpha value is -3.45. The normalized spacial score (nSPS) is 10.6. The largest absolute Gasteiger partial charge is 0.493 e. The van der Waals surface area contributed by atoms with Gasteiger partial charge in [-0.3, -0.25) is 5.43 Å². The number of anilines is 1. The van der Waals surface area contributed by atoms with E-state index in [1.807, 2.05) is 42.5 Å². The lowest BCUT2D eigenvalue weighted by molar-refractivity contribution is 0.284. The van der Waals surface area contributed by atoms with Crippen molar-refractivity contribution in [2.24, 2.45) is 5.10 Å². The van der Waals surface area contributed by atoms with E-state index in [1.165, 1.54) is 6.07 Å². The Labute approximate surface area is 174 Å². The second-order valence-electron chi connectivity index (χ2n) is 5.99. The van der Waals surface area contributed by atoms with Gasteiger partial charge in [-0.05, 0) is 53.7 Å². The highest BCUT2D eigenvalue weighted by Gasteiger charge is 2.06. The average molecular weight is 409 g/mol. The minimum Gasteiger partial charge on any atom is -0.493 e. The summed E-state index contributed by atoms with van der Waals surface area (Å²) in [6.45, 7) is 0.447. The predicted molar refractivity (Wildman–Crippen MR) is 117 cm³/mol. The van der Waals surface area contributed by atoms with E-state index in [0.29, 0.717) is 18.1 Å². The molecule has 7 heteroatoms. The summed E-state index contributed by atoms with van der Waals surface area (Å²) in [4.78, 5) is 0. The van der Waals surface area contributed by atoms with Gasteiger partial charge in [0, 0.05) is 0 Å². The van der Waals surface area contributed by atoms with Crippen molar-refractivity contribution in [1.29, 1.82) is 0 Å². The number of hydrogen-bond donors (Lipinski definition) is 2. The molecule has 0 aromatic heterocycles. The monoisotopic (exact) mass is 409 g/mol. The first-order valence-corrected chi connectivity index (χ1v) is 9.26. The summed E-state index contributed by atoms with van der Waals surface area (Å²) in [5.41, 5.74) is 4.79. The van der Waals surface area contributed by atoms with Crippen molar-refractivity contribution in [3.63, 3.8) is 0 Å². The van der Waals surface area contributed by atoms with Crippen molar-refractivity contribution in [2.45, 2.75) is 6.61 Å². The zero-order chi connectivity index (χ0) is 20.5. The number of methoxy groups -OCH3 is 1. The Kier molecular flexibility index (Phi) is 7.13. The van der Waals surface area contributed by atoms with Gasteiger partial charge in [-0.1, -0.05) is 42.5 Å². The number of para-hydroxylation sites is 1. The van der Waals surface area contributed by atoms with Gasteiger partial charge in [-0.2, -0.15) is 5.10 Å². The fraction of sp³-hybridized carbons (Fsp3) is 0.0909. The van der Waals surface area contributed by atoms with Crippen LogP contribution in [0, 0.1) is 5.82 Å². The molecule has 29 heavy (non-hydrogen) atoms. The SMILES string of the molecule is COc1cc(/C=N\NC(=S)Nc2ccccc2F)ccc1OCc1ccccc1. The number of halogens is 1. The standard InChI is InChI=1S/C22H20FN3O2S/c1-27-21-13-17(11-12-20(21)28-15-16-7-3-2-4-8-16)14-24-26-22(29)25-19-10-6-5-9-18(19)23/h2-14H,15H2,1H3,(H2,25,26,29)/b24-14-. The topological polar surface area (TPSA) is 54.9 Å². The van der Waals surface area contributed by atoms with E-state index in [0.717, 1.165) is 11.1 Å². The van der Waals surface area contributed by atoms with Gasteiger partial charge < -0.3 is 14.8 Å². The number of hydrogen-bond acceptors (Lipinski definition) is 4. The van der Waals surface area contributed by atoms with Gasteiger partial charge in [0.15, 0.2) is 16.6 Å². The Bertz CT molecular complexity index is 996. The highest BCUT2D eigenvalue weighted by molar-refractivity contribution is 7.80. The minimum atomic E-state index is -0.392. The molecule has 3 rings (SSSR count). The average Bonchev–Trinajstić information content (AvgIpc) is 2.75. The first-order valence-electron chi connectivity index (χ1n) is 8.85. The van der Waals surface area contributed by atoms with Crippen LogP contribution in [0.5, 0.6) is 11.5 Å². The number of thiocarbonyl (C=S) groups is 1. The summed E-state index contributed by atoms with van der Waals surface area (Å²) >= 11 is 5.11. The fourth-order valence-corrected chi connectivity index (χ4v) is 2.66. The molecule has 0 saturated heterocycles. The van der Waals surface area contributed by atoms with Crippen LogP contribution in [0.2, 0.25) is 0 Å². The van der Waals surface area contributed by atoms with E-state index in [-0.39, 0.29) is 10.8 Å². The molecule has 0 fully saturated rings. The number of benzene rings is 3. The van der Waals surface area contributed by atoms with Crippen molar-refractivity contribution in [1.82, 2.24) is 5.43 Å². The third kappa shape index (κ3) is 6.02. The van der Waals surface area contributed by atoms with Gasteiger partial charge in [-0.15, -0.1) is 0 Å². The molecule has 0 spiro atoms. The van der Waals surface area contributed by atoms with Crippen LogP contribution in [0.15, 0.2) is 77.9 Å². The van der Waals surface area contributed by atoms with Crippen molar-refractivity contribution in [2.75, 3.05) is 12.4 Å². The molecule has 0 aliphatic heterocycles. The van der Waals surface area contributed by atoms with Crippen molar-refractivity contribution in [3.05, 3.63) is 89.7 Å². The number of rotatable bonds is 7. The lowest BCUT2D eigenvalue weighted by Gasteiger charge is -2.11. The maximum Gasteiger partial charge on any atom is 0.191 e. The quantitative estimate of drug-likeness (QED) is 0.336. The molecule has 2 N–H and O–H groups in total. The fourth-order valence-electron chi connectivity index (χ4n) is 2.50. The predicted octanol–water partition coefficient (Wildman–Crippen LogP) is 4.73. The summed E-state index contributed by atoms with van der Waals surface area (Å²) in [7, 11) is 1.58. The maximum atomic E-state index is 13.6. The van der Waals surface area contributed by atoms with Gasteiger partial charge in [0.2, 0.25) is 0 Å². The molecule has 3 aromatic rings. The Morgan fingerprint density at radius 3 is 2.55 bits per heavy atom. The van der Waals surface area contributed by atoms with Crippen LogP contribution >= 0.6 is 12.2 Å². The van der Waals surface area contributed by atoms with Crippen LogP contribution in [0.1, 0.15) is 11.1 Å². The van der Waals surface area contributed by atoms with E-state index in [9.17, 15) is 4.39 Å². The summed E-state index contributed by atoms with van der Waals surface area (Å²) < 4.78 is 24.9. The Morgan fingerprint density at radius 2 is 1.79 bits per heavy atom. The third-order valence-electron chi connectivity index (χ3n) is 3.93. The molecule has 148 valence electrons. The number of hydrazone groups is 1. The Morgan fingerprint density at radius 1 is 1.03 bits per heavy atom. The summed E-state index contributed by atoms with van der Waals surface area (Å²) in [5, 5.41) is 7.00. The first kappa shape index (κ1) is 20.3. The van der Waals surface area contributed by atoms with Crippen LogP contribution in [-0.4, -0.2) is 18.4 Å². The van der Waals surface area contributed by atoms with Gasteiger partial charge in [0.1, 0.15) is 12.4 Å². The third-order valence-corrected chi connectivity index (χ3v) is 4.12. The van der Waals surface area contributed by atoms with Crippen LogP contribution in [-0.2, 0) is 6.61 Å². The van der Waals surface area contributed by atoms with Crippen molar-refractivity contribution >= 4 is 29.2 Å². The highest BCUT2D eigenvalue weighted by Crippen LogP contribution is 2.28. The second-order valence-corrected chi connectivity index (χ2v) is 6.40. The molecule has 0 atom stereocenters. The molecule has 0 heterocycles. The van der Waals surface area contributed by atoms with Gasteiger partial charge in [0.05, 0.1) is 19.0 Å². The van der Waals surface area contributed by atoms with Crippen LogP contribution < -0.4 is 20.2 Å². The zero-order valence-corrected chi connectivity index (χ0v) is 16.6. The van der Waals surface area contributed by atoms with Crippen molar-refractivity contribution < 1.29 is 13.9 Å².